The molecule has 0 aliphatic heterocycles. The first-order valence-corrected chi connectivity index (χ1v) is 6.72. The lowest BCUT2D eigenvalue weighted by molar-refractivity contribution is 0.427. The Hall–Kier alpha value is -2.82. The summed E-state index contributed by atoms with van der Waals surface area (Å²) in [6.07, 6.45) is 0. The van der Waals surface area contributed by atoms with Crippen molar-refractivity contribution in [3.63, 3.8) is 0 Å². The molecule has 106 valence electrons. The van der Waals surface area contributed by atoms with Gasteiger partial charge in [0.05, 0.1) is 5.52 Å². The highest BCUT2D eigenvalue weighted by molar-refractivity contribution is 5.95. The van der Waals surface area contributed by atoms with Gasteiger partial charge in [0.2, 0.25) is 5.88 Å². The Morgan fingerprint density at radius 2 is 1.67 bits per heavy atom. The van der Waals surface area contributed by atoms with Gasteiger partial charge >= 0.3 is 0 Å². The van der Waals surface area contributed by atoms with Gasteiger partial charge in [0.1, 0.15) is 11.4 Å². The first-order valence-electron chi connectivity index (χ1n) is 6.72. The summed E-state index contributed by atoms with van der Waals surface area (Å²) in [5.74, 6) is 0.137. The fraction of sp³-hybridized carbons (Fsp3) is 0.125. The van der Waals surface area contributed by atoms with Crippen LogP contribution in [-0.2, 0) is 6.54 Å². The normalized spacial score (nSPS) is 11.5. The molecule has 21 heavy (non-hydrogen) atoms. The standard InChI is InChI=1S/C16H15N3O2/c1-2-19-13-9-5-3-7-11(13)15(16(19)21)18-17-12-8-4-6-10-14(12)20/h3-10,20-21H,2H2,1H3. The highest BCUT2D eigenvalue weighted by Crippen LogP contribution is 2.39. The molecule has 5 nitrogen and oxygen atoms in total. The molecular weight excluding hydrogens is 266 g/mol. The van der Waals surface area contributed by atoms with Gasteiger partial charge in [0, 0.05) is 11.9 Å². The molecule has 2 N–H and O–H groups in total. The van der Waals surface area contributed by atoms with E-state index in [0.29, 0.717) is 17.9 Å². The van der Waals surface area contributed by atoms with Crippen LogP contribution in [0.25, 0.3) is 10.9 Å². The largest absolute Gasteiger partial charge is 0.506 e. The topological polar surface area (TPSA) is 70.1 Å². The zero-order valence-electron chi connectivity index (χ0n) is 11.6. The first-order chi connectivity index (χ1) is 10.2. The molecule has 0 spiro atoms. The second-order valence-electron chi connectivity index (χ2n) is 4.62. The Morgan fingerprint density at radius 3 is 2.43 bits per heavy atom. The maximum atomic E-state index is 10.3. The number of phenolic OH excluding ortho intramolecular Hbond substituents is 1. The van der Waals surface area contributed by atoms with Crippen LogP contribution in [-0.4, -0.2) is 14.8 Å². The molecular formula is C16H15N3O2. The van der Waals surface area contributed by atoms with Gasteiger partial charge in [-0.15, -0.1) is 10.2 Å². The zero-order valence-corrected chi connectivity index (χ0v) is 11.6. The molecule has 1 aromatic heterocycles. The maximum Gasteiger partial charge on any atom is 0.220 e. The summed E-state index contributed by atoms with van der Waals surface area (Å²) in [7, 11) is 0. The average Bonchev–Trinajstić information content (AvgIpc) is 2.78. The smallest absolute Gasteiger partial charge is 0.220 e. The lowest BCUT2D eigenvalue weighted by Gasteiger charge is -2.01. The second kappa shape index (κ2) is 5.28. The molecule has 0 fully saturated rings. The highest BCUT2D eigenvalue weighted by atomic mass is 16.3. The number of aromatic nitrogens is 1. The minimum Gasteiger partial charge on any atom is -0.506 e. The van der Waals surface area contributed by atoms with Crippen molar-refractivity contribution >= 4 is 22.3 Å². The summed E-state index contributed by atoms with van der Waals surface area (Å²) in [6, 6.07) is 14.3. The van der Waals surface area contributed by atoms with Gasteiger partial charge in [-0.3, -0.25) is 0 Å². The van der Waals surface area contributed by atoms with Gasteiger partial charge in [-0.05, 0) is 25.1 Å². The summed E-state index contributed by atoms with van der Waals surface area (Å²) in [6.45, 7) is 2.59. The van der Waals surface area contributed by atoms with E-state index in [1.165, 1.54) is 0 Å². The van der Waals surface area contributed by atoms with Crippen LogP contribution in [0, 0.1) is 0 Å². The van der Waals surface area contributed by atoms with Crippen molar-refractivity contribution in [1.82, 2.24) is 4.57 Å². The van der Waals surface area contributed by atoms with Gasteiger partial charge < -0.3 is 14.8 Å². The number of phenols is 1. The molecule has 3 rings (SSSR count). The summed E-state index contributed by atoms with van der Waals surface area (Å²) in [5.41, 5.74) is 1.68. The Labute approximate surface area is 121 Å². The third kappa shape index (κ3) is 2.23. The minimum atomic E-state index is 0.0555. The second-order valence-corrected chi connectivity index (χ2v) is 4.62. The first kappa shape index (κ1) is 13.2. The van der Waals surface area contributed by atoms with Gasteiger partial charge in [-0.25, -0.2) is 0 Å². The van der Waals surface area contributed by atoms with Gasteiger partial charge in [0.15, 0.2) is 5.69 Å². The Bertz CT molecular complexity index is 822. The van der Waals surface area contributed by atoms with Crippen molar-refractivity contribution in [2.75, 3.05) is 0 Å². The van der Waals surface area contributed by atoms with Crippen LogP contribution >= 0.6 is 0 Å². The third-order valence-electron chi connectivity index (χ3n) is 3.37. The SMILES string of the molecule is CCn1c(O)c(N=Nc2ccccc2O)c2ccccc21. The van der Waals surface area contributed by atoms with Gasteiger partial charge in [-0.2, -0.15) is 0 Å². The fourth-order valence-electron chi connectivity index (χ4n) is 2.34. The number of hydrogen-bond acceptors (Lipinski definition) is 4. The lowest BCUT2D eigenvalue weighted by atomic mass is 10.2. The van der Waals surface area contributed by atoms with Crippen molar-refractivity contribution in [3.8, 4) is 11.6 Å². The van der Waals surface area contributed by atoms with Gasteiger partial charge in [-0.1, -0.05) is 30.3 Å². The van der Waals surface area contributed by atoms with Crippen molar-refractivity contribution in [3.05, 3.63) is 48.5 Å². The van der Waals surface area contributed by atoms with E-state index < -0.39 is 0 Å². The molecule has 0 aliphatic rings. The number of aryl methyl sites for hydroxylation is 1. The Morgan fingerprint density at radius 1 is 0.952 bits per heavy atom. The third-order valence-corrected chi connectivity index (χ3v) is 3.37. The predicted molar refractivity (Wildman–Crippen MR) is 81.6 cm³/mol. The van der Waals surface area contributed by atoms with Crippen LogP contribution in [0.2, 0.25) is 0 Å². The maximum absolute atomic E-state index is 10.3. The molecule has 0 saturated carbocycles. The van der Waals surface area contributed by atoms with E-state index in [2.05, 4.69) is 10.2 Å². The highest BCUT2D eigenvalue weighted by Gasteiger charge is 2.15. The van der Waals surface area contributed by atoms with E-state index in [-0.39, 0.29) is 11.6 Å². The summed E-state index contributed by atoms with van der Waals surface area (Å²) in [5, 5.41) is 29.0. The molecule has 0 aliphatic carbocycles. The van der Waals surface area contributed by atoms with E-state index in [0.717, 1.165) is 10.9 Å². The van der Waals surface area contributed by atoms with E-state index in [4.69, 9.17) is 0 Å². The average molecular weight is 281 g/mol. The predicted octanol–water partition coefficient (Wildman–Crippen LogP) is 4.49. The molecule has 0 bridgehead atoms. The van der Waals surface area contributed by atoms with Crippen LogP contribution in [0.1, 0.15) is 6.92 Å². The van der Waals surface area contributed by atoms with Gasteiger partial charge in [0.25, 0.3) is 0 Å². The van der Waals surface area contributed by atoms with Crippen LogP contribution in [0.15, 0.2) is 58.8 Å². The van der Waals surface area contributed by atoms with Crippen molar-refractivity contribution < 1.29 is 10.2 Å². The molecule has 0 radical (unpaired) electrons. The summed E-state index contributed by atoms with van der Waals surface area (Å²) < 4.78 is 1.77. The monoisotopic (exact) mass is 281 g/mol. The molecule has 3 aromatic rings. The number of fused-ring (bicyclic) bond motifs is 1. The lowest BCUT2D eigenvalue weighted by Crippen LogP contribution is -1.91. The quantitative estimate of drug-likeness (QED) is 0.694. The summed E-state index contributed by atoms with van der Waals surface area (Å²) in [4.78, 5) is 0. The summed E-state index contributed by atoms with van der Waals surface area (Å²) >= 11 is 0. The minimum absolute atomic E-state index is 0.0555. The molecule has 0 atom stereocenters. The number of benzene rings is 2. The molecule has 0 saturated heterocycles. The zero-order chi connectivity index (χ0) is 14.8. The Balaban J connectivity index is 2.13. The van der Waals surface area contributed by atoms with E-state index in [1.54, 1.807) is 28.8 Å². The van der Waals surface area contributed by atoms with Crippen LogP contribution in [0.3, 0.4) is 0 Å². The van der Waals surface area contributed by atoms with Crippen molar-refractivity contribution in [2.24, 2.45) is 10.2 Å². The van der Waals surface area contributed by atoms with E-state index >= 15 is 0 Å². The number of rotatable bonds is 3. The molecule has 5 heteroatoms. The number of para-hydroxylation sites is 2. The number of aromatic hydroxyl groups is 2. The van der Waals surface area contributed by atoms with Crippen LogP contribution in [0.4, 0.5) is 11.4 Å². The van der Waals surface area contributed by atoms with E-state index in [1.807, 2.05) is 31.2 Å². The Kier molecular flexibility index (Phi) is 3.31. The number of azo groups is 1. The van der Waals surface area contributed by atoms with Crippen molar-refractivity contribution in [2.45, 2.75) is 13.5 Å². The van der Waals surface area contributed by atoms with Crippen molar-refractivity contribution in [1.29, 1.82) is 0 Å². The van der Waals surface area contributed by atoms with E-state index in [9.17, 15) is 10.2 Å². The molecule has 0 amide bonds. The fourth-order valence-corrected chi connectivity index (χ4v) is 2.34. The van der Waals surface area contributed by atoms with Crippen LogP contribution < -0.4 is 0 Å². The number of hydrogen-bond donors (Lipinski definition) is 2. The molecule has 2 aromatic carbocycles. The molecule has 0 unspecified atom stereocenters. The van der Waals surface area contributed by atoms with Crippen LogP contribution in [0.5, 0.6) is 11.6 Å². The molecule has 1 heterocycles. The number of nitrogens with zero attached hydrogens (tertiary/aromatic N) is 3.